The number of hydrogen-bond donors (Lipinski definition) is 0. The molecular weight excluding hydrogens is 451 g/mol. The Balaban J connectivity index is 1.27. The summed E-state index contributed by atoms with van der Waals surface area (Å²) in [6.45, 7) is 6.37. The van der Waals surface area contributed by atoms with Gasteiger partial charge in [0.05, 0.1) is 0 Å². The SMILES string of the molecule is CC(C)c1ccc(OCC(=O)N2CCN(c3ccc(-c4noc(C(F)(F)F)n4)cn3)CC2)cc1. The topological polar surface area (TPSA) is 84.6 Å². The van der Waals surface area contributed by atoms with Crippen LogP contribution in [-0.2, 0) is 11.0 Å². The zero-order valence-corrected chi connectivity index (χ0v) is 18.7. The van der Waals surface area contributed by atoms with E-state index in [1.807, 2.05) is 29.2 Å². The summed E-state index contributed by atoms with van der Waals surface area (Å²) >= 11 is 0. The number of rotatable bonds is 6. The van der Waals surface area contributed by atoms with Gasteiger partial charge in [0.2, 0.25) is 5.82 Å². The highest BCUT2D eigenvalue weighted by Gasteiger charge is 2.38. The molecule has 0 atom stereocenters. The Morgan fingerprint density at radius 2 is 1.79 bits per heavy atom. The van der Waals surface area contributed by atoms with E-state index < -0.39 is 12.1 Å². The molecule has 1 fully saturated rings. The predicted octanol–water partition coefficient (Wildman–Crippen LogP) is 4.00. The van der Waals surface area contributed by atoms with Gasteiger partial charge in [-0.15, -0.1) is 0 Å². The van der Waals surface area contributed by atoms with Gasteiger partial charge in [-0.1, -0.05) is 31.1 Å². The number of carbonyl (C=O) groups is 1. The molecule has 0 spiro atoms. The predicted molar refractivity (Wildman–Crippen MR) is 117 cm³/mol. The molecule has 34 heavy (non-hydrogen) atoms. The van der Waals surface area contributed by atoms with Gasteiger partial charge in [-0.05, 0) is 35.7 Å². The Kier molecular flexibility index (Phi) is 6.71. The minimum absolute atomic E-state index is 0.0292. The molecule has 0 unspecified atom stereocenters. The highest BCUT2D eigenvalue weighted by Crippen LogP contribution is 2.29. The van der Waals surface area contributed by atoms with Gasteiger partial charge in [0.1, 0.15) is 11.6 Å². The molecular formula is C23H24F3N5O3. The van der Waals surface area contributed by atoms with Crippen molar-refractivity contribution >= 4 is 11.7 Å². The highest BCUT2D eigenvalue weighted by atomic mass is 19.4. The maximum atomic E-state index is 12.6. The van der Waals surface area contributed by atoms with Crippen molar-refractivity contribution in [2.24, 2.45) is 0 Å². The zero-order valence-electron chi connectivity index (χ0n) is 18.7. The zero-order chi connectivity index (χ0) is 24.3. The largest absolute Gasteiger partial charge is 0.484 e. The van der Waals surface area contributed by atoms with Crippen LogP contribution in [0.15, 0.2) is 47.1 Å². The van der Waals surface area contributed by atoms with Crippen LogP contribution in [0.4, 0.5) is 19.0 Å². The monoisotopic (exact) mass is 475 g/mol. The molecule has 0 N–H and O–H groups in total. The Morgan fingerprint density at radius 1 is 1.09 bits per heavy atom. The molecule has 3 aromatic rings. The van der Waals surface area contributed by atoms with Crippen LogP contribution in [-0.4, -0.2) is 58.7 Å². The van der Waals surface area contributed by atoms with Gasteiger partial charge in [-0.3, -0.25) is 4.79 Å². The second-order valence-electron chi connectivity index (χ2n) is 8.21. The number of amides is 1. The van der Waals surface area contributed by atoms with Crippen molar-refractivity contribution < 1.29 is 27.2 Å². The van der Waals surface area contributed by atoms with E-state index in [1.54, 1.807) is 17.0 Å². The number of aromatic nitrogens is 3. The number of hydrogen-bond acceptors (Lipinski definition) is 7. The van der Waals surface area contributed by atoms with Crippen molar-refractivity contribution in [2.75, 3.05) is 37.7 Å². The summed E-state index contributed by atoms with van der Waals surface area (Å²) in [5, 5.41) is 3.36. The lowest BCUT2D eigenvalue weighted by molar-refractivity contribution is -0.159. The van der Waals surface area contributed by atoms with E-state index in [0.717, 1.165) is 0 Å². The number of pyridine rings is 1. The summed E-state index contributed by atoms with van der Waals surface area (Å²) in [5.74, 6) is 0.0680. The Bertz CT molecular complexity index is 1110. The van der Waals surface area contributed by atoms with Crippen molar-refractivity contribution in [3.8, 4) is 17.1 Å². The molecule has 8 nitrogen and oxygen atoms in total. The summed E-state index contributed by atoms with van der Waals surface area (Å²) < 4.78 is 47.8. The molecule has 0 aliphatic carbocycles. The molecule has 1 saturated heterocycles. The van der Waals surface area contributed by atoms with E-state index >= 15 is 0 Å². The van der Waals surface area contributed by atoms with Crippen molar-refractivity contribution in [3.63, 3.8) is 0 Å². The van der Waals surface area contributed by atoms with Crippen LogP contribution in [0.1, 0.15) is 31.2 Å². The average Bonchev–Trinajstić information content (AvgIpc) is 3.34. The minimum Gasteiger partial charge on any atom is -0.484 e. The molecule has 3 heterocycles. The van der Waals surface area contributed by atoms with E-state index in [-0.39, 0.29) is 18.3 Å². The van der Waals surface area contributed by atoms with Gasteiger partial charge in [-0.2, -0.15) is 18.2 Å². The smallest absolute Gasteiger partial charge is 0.471 e. The van der Waals surface area contributed by atoms with Gasteiger partial charge in [0.15, 0.2) is 6.61 Å². The second-order valence-corrected chi connectivity index (χ2v) is 8.21. The summed E-state index contributed by atoms with van der Waals surface area (Å²) in [6.07, 6.45) is -3.30. The molecule has 0 radical (unpaired) electrons. The molecule has 11 heteroatoms. The van der Waals surface area contributed by atoms with Crippen molar-refractivity contribution in [3.05, 3.63) is 54.0 Å². The van der Waals surface area contributed by atoms with Gasteiger partial charge < -0.3 is 19.1 Å². The molecule has 2 aromatic heterocycles. The van der Waals surface area contributed by atoms with Crippen LogP contribution >= 0.6 is 0 Å². The fraction of sp³-hybridized carbons (Fsp3) is 0.391. The first-order valence-corrected chi connectivity index (χ1v) is 10.8. The number of benzene rings is 1. The van der Waals surface area contributed by atoms with Gasteiger partial charge >= 0.3 is 12.1 Å². The molecule has 0 bridgehead atoms. The lowest BCUT2D eigenvalue weighted by atomic mass is 10.0. The molecule has 1 aliphatic heterocycles. The fourth-order valence-electron chi connectivity index (χ4n) is 3.53. The lowest BCUT2D eigenvalue weighted by Crippen LogP contribution is -2.50. The van der Waals surface area contributed by atoms with Crippen LogP contribution in [0, 0.1) is 0 Å². The molecule has 180 valence electrons. The van der Waals surface area contributed by atoms with E-state index in [2.05, 4.69) is 33.5 Å². The van der Waals surface area contributed by atoms with Gasteiger partial charge in [0.25, 0.3) is 5.91 Å². The summed E-state index contributed by atoms with van der Waals surface area (Å²) in [5.41, 5.74) is 1.52. The molecule has 1 aromatic carbocycles. The summed E-state index contributed by atoms with van der Waals surface area (Å²) in [7, 11) is 0. The second kappa shape index (κ2) is 9.70. The first-order valence-electron chi connectivity index (χ1n) is 10.8. The van der Waals surface area contributed by atoms with E-state index in [1.165, 1.54) is 11.8 Å². The van der Waals surface area contributed by atoms with Crippen molar-refractivity contribution in [2.45, 2.75) is 25.9 Å². The third-order valence-corrected chi connectivity index (χ3v) is 5.54. The molecule has 1 amide bonds. The molecule has 4 rings (SSSR count). The minimum atomic E-state index is -4.70. The number of carbonyl (C=O) groups excluding carboxylic acids is 1. The summed E-state index contributed by atoms with van der Waals surface area (Å²) in [4.78, 5) is 23.9. The van der Waals surface area contributed by atoms with Crippen LogP contribution in [0.5, 0.6) is 5.75 Å². The Labute approximate surface area is 194 Å². The maximum Gasteiger partial charge on any atom is 0.471 e. The first kappa shape index (κ1) is 23.5. The Hall–Kier alpha value is -3.63. The molecule has 1 aliphatic rings. The fourth-order valence-corrected chi connectivity index (χ4v) is 3.53. The maximum absolute atomic E-state index is 12.6. The third-order valence-electron chi connectivity index (χ3n) is 5.54. The van der Waals surface area contributed by atoms with Crippen LogP contribution in [0.2, 0.25) is 0 Å². The highest BCUT2D eigenvalue weighted by molar-refractivity contribution is 5.78. The Morgan fingerprint density at radius 3 is 2.35 bits per heavy atom. The normalized spacial score (nSPS) is 14.5. The van der Waals surface area contributed by atoms with Crippen molar-refractivity contribution in [1.82, 2.24) is 20.0 Å². The number of alkyl halides is 3. The van der Waals surface area contributed by atoms with E-state index in [0.29, 0.717) is 49.2 Å². The van der Waals surface area contributed by atoms with E-state index in [4.69, 9.17) is 4.74 Å². The average molecular weight is 475 g/mol. The standard InChI is InChI=1S/C23H24F3N5O3/c1-15(2)16-3-6-18(7-4-16)33-14-20(32)31-11-9-30(10-12-31)19-8-5-17(13-27-19)21-28-22(34-29-21)23(24,25)26/h3-8,13,15H,9-12,14H2,1-2H3. The number of piperazine rings is 1. The van der Waals surface area contributed by atoms with Gasteiger partial charge in [-0.25, -0.2) is 4.98 Å². The number of anilines is 1. The lowest BCUT2D eigenvalue weighted by Gasteiger charge is -2.35. The first-order chi connectivity index (χ1) is 16.2. The van der Waals surface area contributed by atoms with Crippen molar-refractivity contribution in [1.29, 1.82) is 0 Å². The van der Waals surface area contributed by atoms with Crippen LogP contribution in [0.3, 0.4) is 0 Å². The third kappa shape index (κ3) is 5.46. The number of halogens is 3. The number of nitrogens with zero attached hydrogens (tertiary/aromatic N) is 5. The number of ether oxygens (including phenoxy) is 1. The van der Waals surface area contributed by atoms with E-state index in [9.17, 15) is 18.0 Å². The molecule has 0 saturated carbocycles. The van der Waals surface area contributed by atoms with Crippen LogP contribution < -0.4 is 9.64 Å². The summed E-state index contributed by atoms with van der Waals surface area (Å²) in [6, 6.07) is 11.0. The quantitative estimate of drug-likeness (QED) is 0.533. The van der Waals surface area contributed by atoms with Crippen LogP contribution in [0.25, 0.3) is 11.4 Å². The van der Waals surface area contributed by atoms with Gasteiger partial charge in [0, 0.05) is 37.9 Å².